The molecule has 0 spiro atoms. The number of rotatable bonds is 4. The van der Waals surface area contributed by atoms with E-state index in [0.29, 0.717) is 5.56 Å². The SMILES string of the molecule is CCOC(=O)C(O)c1ccccc1C(C)F. The van der Waals surface area contributed by atoms with E-state index in [2.05, 4.69) is 4.74 Å². The van der Waals surface area contributed by atoms with Crippen LogP contribution in [0.15, 0.2) is 24.3 Å². The Kier molecular flexibility index (Phi) is 4.43. The first kappa shape index (κ1) is 12.6. The molecule has 0 amide bonds. The normalized spacial score (nSPS) is 14.2. The highest BCUT2D eigenvalue weighted by atomic mass is 19.1. The summed E-state index contributed by atoms with van der Waals surface area (Å²) in [6.07, 6.45) is -2.66. The molecule has 3 nitrogen and oxygen atoms in total. The second kappa shape index (κ2) is 5.61. The number of aliphatic hydroxyl groups excluding tert-OH is 1. The van der Waals surface area contributed by atoms with Gasteiger partial charge in [0.25, 0.3) is 0 Å². The highest BCUT2D eigenvalue weighted by Gasteiger charge is 2.23. The second-order valence-electron chi connectivity index (χ2n) is 3.40. The Morgan fingerprint density at radius 1 is 1.44 bits per heavy atom. The second-order valence-corrected chi connectivity index (χ2v) is 3.40. The van der Waals surface area contributed by atoms with Gasteiger partial charge in [0, 0.05) is 0 Å². The van der Waals surface area contributed by atoms with Crippen molar-refractivity contribution in [1.29, 1.82) is 0 Å². The molecule has 0 saturated heterocycles. The average molecular weight is 226 g/mol. The number of carbonyl (C=O) groups is 1. The summed E-state index contributed by atoms with van der Waals surface area (Å²) < 4.78 is 17.9. The highest BCUT2D eigenvalue weighted by Crippen LogP contribution is 2.26. The van der Waals surface area contributed by atoms with Crippen LogP contribution in [0.3, 0.4) is 0 Å². The number of halogens is 1. The summed E-state index contributed by atoms with van der Waals surface area (Å²) in [5.74, 6) is -0.754. The molecular weight excluding hydrogens is 211 g/mol. The lowest BCUT2D eigenvalue weighted by molar-refractivity contribution is -0.153. The van der Waals surface area contributed by atoms with Gasteiger partial charge in [-0.3, -0.25) is 0 Å². The molecule has 0 fully saturated rings. The van der Waals surface area contributed by atoms with Crippen LogP contribution in [-0.2, 0) is 9.53 Å². The summed E-state index contributed by atoms with van der Waals surface area (Å²) in [7, 11) is 0. The molecule has 0 aliphatic heterocycles. The standard InChI is InChI=1S/C12H15FO3/c1-3-16-12(15)11(14)10-7-5-4-6-9(10)8(2)13/h4-8,11,14H,3H2,1-2H3. The van der Waals surface area contributed by atoms with Crippen LogP contribution >= 0.6 is 0 Å². The summed E-state index contributed by atoms with van der Waals surface area (Å²) in [5.41, 5.74) is 0.569. The van der Waals surface area contributed by atoms with Gasteiger partial charge < -0.3 is 9.84 Å². The van der Waals surface area contributed by atoms with Crippen molar-refractivity contribution < 1.29 is 19.0 Å². The van der Waals surface area contributed by atoms with E-state index < -0.39 is 18.2 Å². The molecule has 0 aliphatic rings. The molecule has 16 heavy (non-hydrogen) atoms. The van der Waals surface area contributed by atoms with Crippen molar-refractivity contribution in [2.75, 3.05) is 6.61 Å². The molecule has 2 atom stereocenters. The minimum Gasteiger partial charge on any atom is -0.464 e. The molecule has 1 N–H and O–H groups in total. The van der Waals surface area contributed by atoms with Gasteiger partial charge in [0.15, 0.2) is 6.10 Å². The fourth-order valence-electron chi connectivity index (χ4n) is 1.47. The van der Waals surface area contributed by atoms with E-state index in [9.17, 15) is 14.3 Å². The summed E-state index contributed by atoms with van der Waals surface area (Å²) in [6.45, 7) is 3.19. The van der Waals surface area contributed by atoms with E-state index in [4.69, 9.17) is 0 Å². The molecule has 1 rings (SSSR count). The molecule has 0 bridgehead atoms. The number of ether oxygens (including phenoxy) is 1. The van der Waals surface area contributed by atoms with Crippen molar-refractivity contribution >= 4 is 5.97 Å². The number of hydrogen-bond acceptors (Lipinski definition) is 3. The Bertz CT molecular complexity index is 363. The van der Waals surface area contributed by atoms with E-state index in [1.54, 1.807) is 25.1 Å². The van der Waals surface area contributed by atoms with Gasteiger partial charge in [-0.25, -0.2) is 9.18 Å². The molecular formula is C12H15FO3. The van der Waals surface area contributed by atoms with Gasteiger partial charge >= 0.3 is 5.97 Å². The maximum atomic E-state index is 13.2. The van der Waals surface area contributed by atoms with Gasteiger partial charge in [-0.05, 0) is 25.0 Å². The van der Waals surface area contributed by atoms with Gasteiger partial charge in [0.1, 0.15) is 6.17 Å². The van der Waals surface area contributed by atoms with Crippen molar-refractivity contribution in [1.82, 2.24) is 0 Å². The number of alkyl halides is 1. The van der Waals surface area contributed by atoms with Crippen molar-refractivity contribution in [3.8, 4) is 0 Å². The van der Waals surface area contributed by atoms with Crippen molar-refractivity contribution in [2.24, 2.45) is 0 Å². The Labute approximate surface area is 93.9 Å². The number of esters is 1. The van der Waals surface area contributed by atoms with Crippen LogP contribution in [-0.4, -0.2) is 17.7 Å². The van der Waals surface area contributed by atoms with Gasteiger partial charge in [-0.1, -0.05) is 24.3 Å². The lowest BCUT2D eigenvalue weighted by Gasteiger charge is -2.14. The monoisotopic (exact) mass is 226 g/mol. The zero-order valence-electron chi connectivity index (χ0n) is 9.31. The molecule has 1 aromatic rings. The third-order valence-electron chi connectivity index (χ3n) is 2.23. The maximum Gasteiger partial charge on any atom is 0.339 e. The van der Waals surface area contributed by atoms with Crippen LogP contribution < -0.4 is 0 Å². The van der Waals surface area contributed by atoms with Crippen LogP contribution in [0.1, 0.15) is 37.3 Å². The van der Waals surface area contributed by atoms with E-state index in [0.717, 1.165) is 0 Å². The van der Waals surface area contributed by atoms with Crippen LogP contribution in [0.2, 0.25) is 0 Å². The molecule has 2 unspecified atom stereocenters. The lowest BCUT2D eigenvalue weighted by atomic mass is 9.99. The van der Waals surface area contributed by atoms with Crippen LogP contribution in [0.25, 0.3) is 0 Å². The van der Waals surface area contributed by atoms with Crippen molar-refractivity contribution in [3.63, 3.8) is 0 Å². The van der Waals surface area contributed by atoms with Gasteiger partial charge in [-0.2, -0.15) is 0 Å². The van der Waals surface area contributed by atoms with Crippen LogP contribution in [0.4, 0.5) is 4.39 Å². The fourth-order valence-corrected chi connectivity index (χ4v) is 1.47. The largest absolute Gasteiger partial charge is 0.464 e. The minimum absolute atomic E-state index is 0.184. The van der Waals surface area contributed by atoms with Crippen molar-refractivity contribution in [3.05, 3.63) is 35.4 Å². The van der Waals surface area contributed by atoms with Crippen LogP contribution in [0, 0.1) is 0 Å². The number of hydrogen-bond donors (Lipinski definition) is 1. The number of aliphatic hydroxyl groups is 1. The highest BCUT2D eigenvalue weighted by molar-refractivity contribution is 5.76. The predicted octanol–water partition coefficient (Wildman–Crippen LogP) is 2.31. The Morgan fingerprint density at radius 2 is 2.00 bits per heavy atom. The number of carbonyl (C=O) groups excluding carboxylic acids is 1. The first-order valence-corrected chi connectivity index (χ1v) is 5.15. The average Bonchev–Trinajstić information content (AvgIpc) is 2.28. The van der Waals surface area contributed by atoms with Crippen molar-refractivity contribution in [2.45, 2.75) is 26.1 Å². The minimum atomic E-state index is -1.42. The summed E-state index contributed by atoms with van der Waals surface area (Å²) in [6, 6.07) is 6.37. The zero-order valence-corrected chi connectivity index (χ0v) is 9.31. The fraction of sp³-hybridized carbons (Fsp3) is 0.417. The molecule has 4 heteroatoms. The first-order chi connectivity index (χ1) is 7.57. The summed E-state index contributed by atoms with van der Waals surface area (Å²) in [5, 5.41) is 9.71. The van der Waals surface area contributed by atoms with Gasteiger partial charge in [0.2, 0.25) is 0 Å². The van der Waals surface area contributed by atoms with E-state index in [-0.39, 0.29) is 12.2 Å². The van der Waals surface area contributed by atoms with Crippen LogP contribution in [0.5, 0.6) is 0 Å². The topological polar surface area (TPSA) is 46.5 Å². The molecule has 0 radical (unpaired) electrons. The summed E-state index contributed by atoms with van der Waals surface area (Å²) in [4.78, 5) is 11.3. The maximum absolute atomic E-state index is 13.2. The molecule has 1 aromatic carbocycles. The van der Waals surface area contributed by atoms with Gasteiger partial charge in [0.05, 0.1) is 6.61 Å². The molecule has 0 aliphatic carbocycles. The summed E-state index contributed by atoms with van der Waals surface area (Å²) >= 11 is 0. The zero-order chi connectivity index (χ0) is 12.1. The Hall–Kier alpha value is -1.42. The third kappa shape index (κ3) is 2.79. The number of benzene rings is 1. The Balaban J connectivity index is 2.98. The lowest BCUT2D eigenvalue weighted by Crippen LogP contribution is -2.17. The quantitative estimate of drug-likeness (QED) is 0.801. The Morgan fingerprint density at radius 3 is 2.50 bits per heavy atom. The van der Waals surface area contributed by atoms with E-state index in [1.807, 2.05) is 0 Å². The third-order valence-corrected chi connectivity index (χ3v) is 2.23. The smallest absolute Gasteiger partial charge is 0.339 e. The first-order valence-electron chi connectivity index (χ1n) is 5.15. The molecule has 0 saturated carbocycles. The van der Waals surface area contributed by atoms with E-state index >= 15 is 0 Å². The molecule has 0 aromatic heterocycles. The van der Waals surface area contributed by atoms with Gasteiger partial charge in [-0.15, -0.1) is 0 Å². The molecule has 88 valence electrons. The predicted molar refractivity (Wildman–Crippen MR) is 57.6 cm³/mol. The molecule has 0 heterocycles. The van der Waals surface area contributed by atoms with E-state index in [1.165, 1.54) is 13.0 Å².